The van der Waals surface area contributed by atoms with Gasteiger partial charge >= 0.3 is 0 Å². The maximum atomic E-state index is 13.8. The second-order valence-electron chi connectivity index (χ2n) is 4.50. The number of hydrogen-bond donors (Lipinski definition) is 1. The lowest BCUT2D eigenvalue weighted by Crippen LogP contribution is -2.15. The van der Waals surface area contributed by atoms with Crippen molar-refractivity contribution in [2.45, 2.75) is 19.9 Å². The summed E-state index contributed by atoms with van der Waals surface area (Å²) in [5.41, 5.74) is 9.52. The summed E-state index contributed by atoms with van der Waals surface area (Å²) in [5.74, 6) is -0.276. The van der Waals surface area contributed by atoms with Crippen molar-refractivity contribution in [3.8, 4) is 0 Å². The maximum absolute atomic E-state index is 13.8. The lowest BCUT2D eigenvalue weighted by atomic mass is 9.94. The molecule has 1 unspecified atom stereocenters. The third-order valence-electron chi connectivity index (χ3n) is 3.05. The molecule has 18 heavy (non-hydrogen) atoms. The molecule has 0 heterocycles. The fourth-order valence-corrected chi connectivity index (χ4v) is 2.28. The Morgan fingerprint density at radius 1 is 1.06 bits per heavy atom. The number of benzene rings is 2. The molecule has 0 spiro atoms. The van der Waals surface area contributed by atoms with Crippen LogP contribution in [0.25, 0.3) is 0 Å². The third-order valence-corrected chi connectivity index (χ3v) is 3.29. The summed E-state index contributed by atoms with van der Waals surface area (Å²) >= 11 is 5.91. The van der Waals surface area contributed by atoms with Crippen LogP contribution in [0.4, 0.5) is 4.39 Å². The number of halogens is 2. The van der Waals surface area contributed by atoms with E-state index in [1.807, 2.05) is 26.0 Å². The Labute approximate surface area is 111 Å². The van der Waals surface area contributed by atoms with E-state index in [-0.39, 0.29) is 5.82 Å². The molecule has 0 aromatic heterocycles. The van der Waals surface area contributed by atoms with E-state index in [1.165, 1.54) is 6.07 Å². The molecule has 0 aliphatic carbocycles. The normalized spacial score (nSPS) is 12.5. The Morgan fingerprint density at radius 2 is 1.78 bits per heavy atom. The van der Waals surface area contributed by atoms with Gasteiger partial charge in [-0.15, -0.1) is 0 Å². The number of aryl methyl sites for hydroxylation is 2. The first-order valence-electron chi connectivity index (χ1n) is 5.76. The van der Waals surface area contributed by atoms with Gasteiger partial charge in [-0.05, 0) is 43.2 Å². The summed E-state index contributed by atoms with van der Waals surface area (Å²) in [7, 11) is 0. The lowest BCUT2D eigenvalue weighted by molar-refractivity contribution is 0.598. The van der Waals surface area contributed by atoms with Crippen LogP contribution in [-0.4, -0.2) is 0 Å². The molecule has 0 saturated heterocycles. The first-order chi connectivity index (χ1) is 8.49. The molecule has 0 radical (unpaired) electrons. The first kappa shape index (κ1) is 13.1. The predicted octanol–water partition coefficient (Wildman–Crippen LogP) is 4.14. The molecule has 2 aromatic carbocycles. The summed E-state index contributed by atoms with van der Waals surface area (Å²) in [4.78, 5) is 0. The molecule has 0 fully saturated rings. The molecule has 3 heteroatoms. The Bertz CT molecular complexity index is 581. The Balaban J connectivity index is 2.47. The Morgan fingerprint density at radius 3 is 2.44 bits per heavy atom. The van der Waals surface area contributed by atoms with Crippen molar-refractivity contribution in [3.05, 3.63) is 69.5 Å². The minimum atomic E-state index is -0.470. The van der Waals surface area contributed by atoms with Crippen molar-refractivity contribution in [1.29, 1.82) is 0 Å². The van der Waals surface area contributed by atoms with Crippen LogP contribution in [0.5, 0.6) is 0 Å². The summed E-state index contributed by atoms with van der Waals surface area (Å²) in [6, 6.07) is 9.97. The quantitative estimate of drug-likeness (QED) is 0.866. The summed E-state index contributed by atoms with van der Waals surface area (Å²) in [5, 5.41) is 0.660. The molecule has 0 amide bonds. The van der Waals surface area contributed by atoms with Crippen LogP contribution in [0.15, 0.2) is 36.4 Å². The van der Waals surface area contributed by atoms with Gasteiger partial charge in [0.1, 0.15) is 5.82 Å². The molecule has 2 N–H and O–H groups in total. The van der Waals surface area contributed by atoms with E-state index >= 15 is 0 Å². The van der Waals surface area contributed by atoms with E-state index < -0.39 is 6.04 Å². The van der Waals surface area contributed by atoms with E-state index in [0.29, 0.717) is 10.6 Å². The van der Waals surface area contributed by atoms with Gasteiger partial charge < -0.3 is 5.73 Å². The highest BCUT2D eigenvalue weighted by Gasteiger charge is 2.15. The van der Waals surface area contributed by atoms with Gasteiger partial charge in [-0.2, -0.15) is 0 Å². The Kier molecular flexibility index (Phi) is 3.69. The SMILES string of the molecule is Cc1ccc(F)c(C(N)c2ccc(Cl)cc2C)c1. The van der Waals surface area contributed by atoms with Crippen molar-refractivity contribution >= 4 is 11.6 Å². The molecular formula is C15H15ClFN. The van der Waals surface area contributed by atoms with Crippen molar-refractivity contribution in [2.24, 2.45) is 5.73 Å². The molecule has 1 nitrogen and oxygen atoms in total. The zero-order valence-corrected chi connectivity index (χ0v) is 11.1. The van der Waals surface area contributed by atoms with Crippen LogP contribution in [0, 0.1) is 19.7 Å². The van der Waals surface area contributed by atoms with Gasteiger partial charge in [-0.1, -0.05) is 35.4 Å². The number of hydrogen-bond acceptors (Lipinski definition) is 1. The van der Waals surface area contributed by atoms with Crippen LogP contribution in [0.2, 0.25) is 5.02 Å². The van der Waals surface area contributed by atoms with E-state index in [0.717, 1.165) is 16.7 Å². The third kappa shape index (κ3) is 2.55. The molecule has 0 saturated carbocycles. The fraction of sp³-hybridized carbons (Fsp3) is 0.200. The van der Waals surface area contributed by atoms with Gasteiger partial charge in [-0.3, -0.25) is 0 Å². The summed E-state index contributed by atoms with van der Waals surface area (Å²) in [6.45, 7) is 3.85. The van der Waals surface area contributed by atoms with Crippen LogP contribution in [-0.2, 0) is 0 Å². The molecule has 0 aliphatic heterocycles. The zero-order valence-electron chi connectivity index (χ0n) is 10.4. The average molecular weight is 264 g/mol. The molecule has 94 valence electrons. The van der Waals surface area contributed by atoms with Gasteiger partial charge in [-0.25, -0.2) is 4.39 Å². The lowest BCUT2D eigenvalue weighted by Gasteiger charge is -2.16. The van der Waals surface area contributed by atoms with Gasteiger partial charge in [0.25, 0.3) is 0 Å². The first-order valence-corrected chi connectivity index (χ1v) is 6.14. The van der Waals surface area contributed by atoms with Crippen molar-refractivity contribution < 1.29 is 4.39 Å². The molecule has 2 aromatic rings. The second-order valence-corrected chi connectivity index (χ2v) is 4.94. The van der Waals surface area contributed by atoms with E-state index in [9.17, 15) is 4.39 Å². The van der Waals surface area contributed by atoms with Crippen LogP contribution >= 0.6 is 11.6 Å². The topological polar surface area (TPSA) is 26.0 Å². The smallest absolute Gasteiger partial charge is 0.128 e. The molecular weight excluding hydrogens is 249 g/mol. The van der Waals surface area contributed by atoms with E-state index in [4.69, 9.17) is 17.3 Å². The van der Waals surface area contributed by atoms with Crippen molar-refractivity contribution in [3.63, 3.8) is 0 Å². The van der Waals surface area contributed by atoms with Crippen molar-refractivity contribution in [1.82, 2.24) is 0 Å². The molecule has 0 bridgehead atoms. The monoisotopic (exact) mass is 263 g/mol. The number of rotatable bonds is 2. The minimum Gasteiger partial charge on any atom is -0.320 e. The maximum Gasteiger partial charge on any atom is 0.128 e. The van der Waals surface area contributed by atoms with Gasteiger partial charge in [0.05, 0.1) is 6.04 Å². The Hall–Kier alpha value is -1.38. The van der Waals surface area contributed by atoms with E-state index in [1.54, 1.807) is 18.2 Å². The van der Waals surface area contributed by atoms with Gasteiger partial charge in [0, 0.05) is 10.6 Å². The highest BCUT2D eigenvalue weighted by Crippen LogP contribution is 2.27. The van der Waals surface area contributed by atoms with Gasteiger partial charge in [0.2, 0.25) is 0 Å². The molecule has 2 rings (SSSR count). The highest BCUT2D eigenvalue weighted by atomic mass is 35.5. The van der Waals surface area contributed by atoms with Gasteiger partial charge in [0.15, 0.2) is 0 Å². The van der Waals surface area contributed by atoms with Crippen LogP contribution < -0.4 is 5.73 Å². The predicted molar refractivity (Wildman–Crippen MR) is 73.4 cm³/mol. The summed E-state index contributed by atoms with van der Waals surface area (Å²) < 4.78 is 13.8. The molecule has 1 atom stereocenters. The fourth-order valence-electron chi connectivity index (χ4n) is 2.06. The average Bonchev–Trinajstić information content (AvgIpc) is 2.31. The number of nitrogens with two attached hydrogens (primary N) is 1. The second kappa shape index (κ2) is 5.09. The minimum absolute atomic E-state index is 0.276. The highest BCUT2D eigenvalue weighted by molar-refractivity contribution is 6.30. The van der Waals surface area contributed by atoms with Crippen LogP contribution in [0.1, 0.15) is 28.3 Å². The summed E-state index contributed by atoms with van der Waals surface area (Å²) in [6.07, 6.45) is 0. The van der Waals surface area contributed by atoms with Crippen LogP contribution in [0.3, 0.4) is 0 Å². The van der Waals surface area contributed by atoms with Crippen molar-refractivity contribution in [2.75, 3.05) is 0 Å². The molecule has 0 aliphatic rings. The van der Waals surface area contributed by atoms with E-state index in [2.05, 4.69) is 0 Å². The largest absolute Gasteiger partial charge is 0.320 e. The zero-order chi connectivity index (χ0) is 13.3. The standard InChI is InChI=1S/C15H15ClFN/c1-9-3-6-14(17)13(7-9)15(18)12-5-4-11(16)8-10(12)2/h3-8,15H,18H2,1-2H3.